The number of aromatic nitrogens is 2. The van der Waals surface area contributed by atoms with Crippen molar-refractivity contribution in [3.63, 3.8) is 0 Å². The van der Waals surface area contributed by atoms with Gasteiger partial charge in [0.2, 0.25) is 0 Å². The second-order valence-corrected chi connectivity index (χ2v) is 7.46. The minimum atomic E-state index is -0.317. The van der Waals surface area contributed by atoms with Gasteiger partial charge in [-0.1, -0.05) is 18.2 Å². The Morgan fingerprint density at radius 1 is 0.935 bits per heavy atom. The third kappa shape index (κ3) is 5.40. The van der Waals surface area contributed by atoms with Crippen LogP contribution in [-0.2, 0) is 6.54 Å². The Balaban J connectivity index is 1.35. The van der Waals surface area contributed by atoms with E-state index in [0.717, 1.165) is 29.9 Å². The van der Waals surface area contributed by atoms with E-state index in [-0.39, 0.29) is 6.03 Å². The molecular formula is C24H25N5O2. The Bertz CT molecular complexity index is 1150. The van der Waals surface area contributed by atoms with Gasteiger partial charge in [0.05, 0.1) is 17.4 Å². The molecule has 0 radical (unpaired) electrons. The van der Waals surface area contributed by atoms with Crippen molar-refractivity contribution in [3.05, 3.63) is 79.1 Å². The van der Waals surface area contributed by atoms with Gasteiger partial charge in [0, 0.05) is 24.5 Å². The predicted octanol–water partition coefficient (Wildman–Crippen LogP) is 5.03. The first-order valence-electron chi connectivity index (χ1n) is 10.1. The van der Waals surface area contributed by atoms with E-state index >= 15 is 0 Å². The van der Waals surface area contributed by atoms with Crippen LogP contribution in [0, 0.1) is 0 Å². The fourth-order valence-electron chi connectivity index (χ4n) is 3.15. The van der Waals surface area contributed by atoms with E-state index in [1.807, 2.05) is 81.1 Å². The van der Waals surface area contributed by atoms with Crippen molar-refractivity contribution >= 4 is 28.4 Å². The molecule has 1 heterocycles. The van der Waals surface area contributed by atoms with E-state index in [1.165, 1.54) is 0 Å². The van der Waals surface area contributed by atoms with Crippen LogP contribution in [-0.4, -0.2) is 41.1 Å². The number of likely N-dealkylation sites (N-methyl/N-ethyl adjacent to an activating group) is 1. The van der Waals surface area contributed by atoms with Crippen LogP contribution >= 0.6 is 0 Å². The van der Waals surface area contributed by atoms with E-state index in [9.17, 15) is 4.79 Å². The lowest BCUT2D eigenvalue weighted by Gasteiger charge is -2.11. The zero-order valence-electron chi connectivity index (χ0n) is 17.6. The average Bonchev–Trinajstić information content (AvgIpc) is 3.16. The van der Waals surface area contributed by atoms with Gasteiger partial charge in [-0.3, -0.25) is 0 Å². The highest BCUT2D eigenvalue weighted by Crippen LogP contribution is 2.23. The van der Waals surface area contributed by atoms with Gasteiger partial charge in [0.25, 0.3) is 0 Å². The van der Waals surface area contributed by atoms with Gasteiger partial charge in [-0.25, -0.2) is 9.78 Å². The molecule has 0 saturated carbocycles. The number of rotatable bonds is 7. The van der Waals surface area contributed by atoms with Crippen molar-refractivity contribution < 1.29 is 9.53 Å². The average molecular weight is 415 g/mol. The fraction of sp³-hybridized carbons (Fsp3) is 0.167. The van der Waals surface area contributed by atoms with Gasteiger partial charge in [-0.05, 0) is 68.7 Å². The fourth-order valence-corrected chi connectivity index (χ4v) is 3.15. The summed E-state index contributed by atoms with van der Waals surface area (Å²) < 4.78 is 7.88. The molecule has 7 heteroatoms. The number of imidazole rings is 1. The molecule has 0 aliphatic rings. The second-order valence-electron chi connectivity index (χ2n) is 7.46. The molecule has 158 valence electrons. The van der Waals surface area contributed by atoms with Crippen molar-refractivity contribution in [2.75, 3.05) is 31.3 Å². The third-order valence-corrected chi connectivity index (χ3v) is 4.76. The van der Waals surface area contributed by atoms with E-state index < -0.39 is 0 Å². The Morgan fingerprint density at radius 3 is 2.35 bits per heavy atom. The van der Waals surface area contributed by atoms with Crippen LogP contribution in [0.3, 0.4) is 0 Å². The number of urea groups is 1. The number of hydrogen-bond donors (Lipinski definition) is 2. The molecule has 2 N–H and O–H groups in total. The third-order valence-electron chi connectivity index (χ3n) is 4.76. The quantitative estimate of drug-likeness (QED) is 0.444. The van der Waals surface area contributed by atoms with Gasteiger partial charge in [-0.15, -0.1) is 0 Å². The number of hydrogen-bond acceptors (Lipinski definition) is 4. The van der Waals surface area contributed by atoms with Crippen molar-refractivity contribution in [3.8, 4) is 11.5 Å². The zero-order chi connectivity index (χ0) is 21.6. The number of nitrogens with one attached hydrogen (secondary N) is 2. The van der Waals surface area contributed by atoms with Crippen LogP contribution in [0.5, 0.6) is 11.5 Å². The molecule has 0 fully saturated rings. The van der Waals surface area contributed by atoms with Gasteiger partial charge >= 0.3 is 6.03 Å². The SMILES string of the molecule is CN(C)CCn1cnc2cc(NC(=O)Nc3ccc(Oc4ccccc4)cc3)ccc21. The number of anilines is 2. The highest BCUT2D eigenvalue weighted by molar-refractivity contribution is 6.00. The Kier molecular flexibility index (Phi) is 6.14. The van der Waals surface area contributed by atoms with Gasteiger partial charge in [0.1, 0.15) is 11.5 Å². The van der Waals surface area contributed by atoms with Crippen LogP contribution in [0.2, 0.25) is 0 Å². The summed E-state index contributed by atoms with van der Waals surface area (Å²) in [5.41, 5.74) is 3.25. The number of carbonyl (C=O) groups is 1. The highest BCUT2D eigenvalue weighted by Gasteiger charge is 2.07. The number of carbonyl (C=O) groups excluding carboxylic acids is 1. The smallest absolute Gasteiger partial charge is 0.323 e. The molecule has 2 amide bonds. The van der Waals surface area contributed by atoms with Gasteiger partial charge in [0.15, 0.2) is 0 Å². The summed E-state index contributed by atoms with van der Waals surface area (Å²) >= 11 is 0. The minimum absolute atomic E-state index is 0.317. The monoisotopic (exact) mass is 415 g/mol. The standard InChI is InChI=1S/C24H25N5O2/c1-28(2)14-15-29-17-25-22-16-19(10-13-23(22)29)27-24(30)26-18-8-11-21(12-9-18)31-20-6-4-3-5-7-20/h3-13,16-17H,14-15H2,1-2H3,(H2,26,27,30). The van der Waals surface area contributed by atoms with E-state index in [2.05, 4.69) is 25.1 Å². The molecule has 0 bridgehead atoms. The summed E-state index contributed by atoms with van der Waals surface area (Å²) in [5, 5.41) is 5.69. The summed E-state index contributed by atoms with van der Waals surface area (Å²) in [7, 11) is 4.09. The normalized spacial score (nSPS) is 10.9. The van der Waals surface area contributed by atoms with E-state index in [4.69, 9.17) is 4.74 Å². The zero-order valence-corrected chi connectivity index (χ0v) is 17.6. The number of amides is 2. The van der Waals surface area contributed by atoms with Crippen molar-refractivity contribution in [2.45, 2.75) is 6.54 Å². The predicted molar refractivity (Wildman–Crippen MR) is 124 cm³/mol. The van der Waals surface area contributed by atoms with Gasteiger partial charge in [-0.2, -0.15) is 0 Å². The molecule has 31 heavy (non-hydrogen) atoms. The molecule has 7 nitrogen and oxygen atoms in total. The first-order valence-corrected chi connectivity index (χ1v) is 10.1. The van der Waals surface area contributed by atoms with Crippen LogP contribution in [0.4, 0.5) is 16.2 Å². The lowest BCUT2D eigenvalue weighted by molar-refractivity contribution is 0.262. The van der Waals surface area contributed by atoms with Crippen molar-refractivity contribution in [2.24, 2.45) is 0 Å². The summed E-state index contributed by atoms with van der Waals surface area (Å²) in [5.74, 6) is 1.47. The first-order chi connectivity index (χ1) is 15.1. The van der Waals surface area contributed by atoms with E-state index in [0.29, 0.717) is 17.1 Å². The molecule has 4 aromatic rings. The number of nitrogens with zero attached hydrogens (tertiary/aromatic N) is 3. The largest absolute Gasteiger partial charge is 0.457 e. The molecule has 0 unspecified atom stereocenters. The molecule has 0 aliphatic heterocycles. The Hall–Kier alpha value is -3.84. The van der Waals surface area contributed by atoms with E-state index in [1.54, 1.807) is 12.1 Å². The lowest BCUT2D eigenvalue weighted by atomic mass is 10.2. The van der Waals surface area contributed by atoms with Crippen LogP contribution in [0.25, 0.3) is 11.0 Å². The number of ether oxygens (including phenoxy) is 1. The molecule has 1 aromatic heterocycles. The maximum absolute atomic E-state index is 12.4. The topological polar surface area (TPSA) is 71.4 Å². The number of para-hydroxylation sites is 1. The van der Waals surface area contributed by atoms with Crippen LogP contribution in [0.1, 0.15) is 0 Å². The minimum Gasteiger partial charge on any atom is -0.457 e. The van der Waals surface area contributed by atoms with Crippen molar-refractivity contribution in [1.82, 2.24) is 14.5 Å². The number of fused-ring (bicyclic) bond motifs is 1. The molecule has 3 aromatic carbocycles. The Labute approximate surface area is 181 Å². The van der Waals surface area contributed by atoms with Crippen molar-refractivity contribution in [1.29, 1.82) is 0 Å². The molecular weight excluding hydrogens is 390 g/mol. The molecule has 0 spiro atoms. The molecule has 0 atom stereocenters. The summed E-state index contributed by atoms with van der Waals surface area (Å²) in [6.45, 7) is 1.80. The van der Waals surface area contributed by atoms with Gasteiger partial charge < -0.3 is 24.8 Å². The number of benzene rings is 3. The molecule has 0 aliphatic carbocycles. The highest BCUT2D eigenvalue weighted by atomic mass is 16.5. The Morgan fingerprint density at radius 2 is 1.61 bits per heavy atom. The maximum atomic E-state index is 12.4. The summed E-state index contributed by atoms with van der Waals surface area (Å²) in [6.07, 6.45) is 1.83. The summed E-state index contributed by atoms with van der Waals surface area (Å²) in [6, 6.07) is 22.2. The second kappa shape index (κ2) is 9.32. The lowest BCUT2D eigenvalue weighted by Crippen LogP contribution is -2.19. The summed E-state index contributed by atoms with van der Waals surface area (Å²) in [4.78, 5) is 19.0. The maximum Gasteiger partial charge on any atom is 0.323 e. The molecule has 0 saturated heterocycles. The first kappa shape index (κ1) is 20.4. The van der Waals surface area contributed by atoms with Crippen LogP contribution in [0.15, 0.2) is 79.1 Å². The van der Waals surface area contributed by atoms with Crippen LogP contribution < -0.4 is 15.4 Å². The molecule has 4 rings (SSSR count).